The first kappa shape index (κ1) is 20.7. The molecule has 140 valence electrons. The Morgan fingerprint density at radius 3 is 2.68 bits per heavy atom. The molecule has 0 aliphatic heterocycles. The van der Waals surface area contributed by atoms with E-state index in [1.807, 2.05) is 0 Å². The van der Waals surface area contributed by atoms with Crippen molar-refractivity contribution in [3.63, 3.8) is 0 Å². The molecule has 2 amide bonds. The highest BCUT2D eigenvalue weighted by Crippen LogP contribution is 2.11. The highest BCUT2D eigenvalue weighted by Gasteiger charge is 2.12. The monoisotopic (exact) mass is 351 g/mol. The molecule has 0 bridgehead atoms. The molecule has 1 aromatic heterocycles. The number of hydrogen-bond acceptors (Lipinski definition) is 4. The molecule has 0 radical (unpaired) electrons. The van der Waals surface area contributed by atoms with E-state index in [1.165, 1.54) is 16.8 Å². The number of rotatable bonds is 10. The van der Waals surface area contributed by atoms with Gasteiger partial charge in [0.15, 0.2) is 0 Å². The van der Waals surface area contributed by atoms with Crippen LogP contribution in [0.15, 0.2) is 23.1 Å². The van der Waals surface area contributed by atoms with Crippen molar-refractivity contribution in [1.82, 2.24) is 9.88 Å². The van der Waals surface area contributed by atoms with Gasteiger partial charge >= 0.3 is 12.0 Å². The zero-order chi connectivity index (χ0) is 18.7. The molecule has 0 fully saturated rings. The highest BCUT2D eigenvalue weighted by atomic mass is 16.5. The van der Waals surface area contributed by atoms with Crippen LogP contribution in [0.5, 0.6) is 0 Å². The standard InChI is InChI=1S/C18H29N3O4/c1-4-7-9-14(5-2)12-19-18(24)20-15-10-8-11-21(17(15)23)13-16(22)25-6-3/h8,10-11,14H,4-7,9,12-13H2,1-3H3,(H2,19,20,24)/t14-/m1/s1. The van der Waals surface area contributed by atoms with Gasteiger partial charge in [-0.2, -0.15) is 0 Å². The number of amides is 2. The van der Waals surface area contributed by atoms with Crippen molar-refractivity contribution in [2.45, 2.75) is 53.0 Å². The number of unbranched alkanes of at least 4 members (excludes halogenated alkanes) is 1. The Kier molecular flexibility index (Phi) is 9.36. The van der Waals surface area contributed by atoms with E-state index in [9.17, 15) is 14.4 Å². The Labute approximate surface area is 148 Å². The van der Waals surface area contributed by atoms with Gasteiger partial charge in [-0.3, -0.25) is 9.59 Å². The molecule has 0 spiro atoms. The van der Waals surface area contributed by atoms with Gasteiger partial charge in [0.1, 0.15) is 12.2 Å². The normalized spacial score (nSPS) is 11.6. The lowest BCUT2D eigenvalue weighted by Gasteiger charge is -2.15. The topological polar surface area (TPSA) is 89.4 Å². The van der Waals surface area contributed by atoms with Gasteiger partial charge in [0.25, 0.3) is 5.56 Å². The van der Waals surface area contributed by atoms with Crippen LogP contribution in [0.25, 0.3) is 0 Å². The summed E-state index contributed by atoms with van der Waals surface area (Å²) in [6.07, 6.45) is 5.83. The quantitative estimate of drug-likeness (QED) is 0.634. The van der Waals surface area contributed by atoms with Crippen molar-refractivity contribution in [2.75, 3.05) is 18.5 Å². The third kappa shape index (κ3) is 7.41. The van der Waals surface area contributed by atoms with Crippen LogP contribution in [0, 0.1) is 5.92 Å². The molecule has 1 rings (SSSR count). The third-order valence-electron chi connectivity index (χ3n) is 3.97. The second-order valence-corrected chi connectivity index (χ2v) is 5.91. The predicted octanol–water partition coefficient (Wildman–Crippen LogP) is 2.75. The minimum Gasteiger partial charge on any atom is -0.465 e. The van der Waals surface area contributed by atoms with Crippen molar-refractivity contribution < 1.29 is 14.3 Å². The molecule has 1 heterocycles. The molecule has 0 aromatic carbocycles. The molecule has 7 nitrogen and oxygen atoms in total. The average molecular weight is 351 g/mol. The van der Waals surface area contributed by atoms with E-state index in [4.69, 9.17) is 4.74 Å². The number of pyridine rings is 1. The summed E-state index contributed by atoms with van der Waals surface area (Å²) in [6, 6.07) is 2.70. The summed E-state index contributed by atoms with van der Waals surface area (Å²) in [5.74, 6) is -0.0603. The molecule has 0 saturated carbocycles. The fourth-order valence-electron chi connectivity index (χ4n) is 2.45. The van der Waals surface area contributed by atoms with E-state index in [-0.39, 0.29) is 18.8 Å². The molecule has 0 unspecified atom stereocenters. The molecule has 0 aliphatic rings. The second-order valence-electron chi connectivity index (χ2n) is 5.91. The first-order valence-electron chi connectivity index (χ1n) is 8.91. The average Bonchev–Trinajstić information content (AvgIpc) is 2.59. The first-order chi connectivity index (χ1) is 12.0. The molecule has 1 atom stereocenters. The van der Waals surface area contributed by atoms with Gasteiger partial charge in [0.2, 0.25) is 0 Å². The Hall–Kier alpha value is -2.31. The first-order valence-corrected chi connectivity index (χ1v) is 8.91. The molecule has 2 N–H and O–H groups in total. The van der Waals surface area contributed by atoms with Crippen LogP contribution in [0.2, 0.25) is 0 Å². The van der Waals surface area contributed by atoms with Crippen LogP contribution >= 0.6 is 0 Å². The van der Waals surface area contributed by atoms with Crippen LogP contribution < -0.4 is 16.2 Å². The van der Waals surface area contributed by atoms with Crippen LogP contribution in [-0.2, 0) is 16.1 Å². The third-order valence-corrected chi connectivity index (χ3v) is 3.97. The predicted molar refractivity (Wildman–Crippen MR) is 97.7 cm³/mol. The summed E-state index contributed by atoms with van der Waals surface area (Å²) in [5.41, 5.74) is -0.311. The van der Waals surface area contributed by atoms with Crippen molar-refractivity contribution >= 4 is 17.7 Å². The van der Waals surface area contributed by atoms with Gasteiger partial charge in [-0.05, 0) is 31.4 Å². The van der Waals surface area contributed by atoms with Crippen LogP contribution in [0.3, 0.4) is 0 Å². The van der Waals surface area contributed by atoms with E-state index in [2.05, 4.69) is 24.5 Å². The molecular weight excluding hydrogens is 322 g/mol. The van der Waals surface area contributed by atoms with Crippen LogP contribution in [0.1, 0.15) is 46.5 Å². The van der Waals surface area contributed by atoms with Gasteiger partial charge in [-0.15, -0.1) is 0 Å². The maximum atomic E-state index is 12.3. The molecule has 25 heavy (non-hydrogen) atoms. The Morgan fingerprint density at radius 2 is 2.04 bits per heavy atom. The van der Waals surface area contributed by atoms with E-state index < -0.39 is 17.6 Å². The maximum Gasteiger partial charge on any atom is 0.326 e. The number of anilines is 1. The van der Waals surface area contributed by atoms with Crippen LogP contribution in [-0.4, -0.2) is 29.7 Å². The number of carbonyl (C=O) groups is 2. The molecule has 0 saturated heterocycles. The fourth-order valence-corrected chi connectivity index (χ4v) is 2.45. The van der Waals surface area contributed by atoms with Gasteiger partial charge in [-0.25, -0.2) is 4.79 Å². The highest BCUT2D eigenvalue weighted by molar-refractivity contribution is 5.88. The number of nitrogens with one attached hydrogen (secondary N) is 2. The van der Waals surface area contributed by atoms with Gasteiger partial charge in [-0.1, -0.05) is 33.1 Å². The number of nitrogens with zero attached hydrogens (tertiary/aromatic N) is 1. The van der Waals surface area contributed by atoms with Gasteiger partial charge in [0.05, 0.1) is 6.61 Å². The molecular formula is C18H29N3O4. The Balaban J connectivity index is 2.62. The number of ether oxygens (including phenoxy) is 1. The lowest BCUT2D eigenvalue weighted by Crippen LogP contribution is -2.36. The summed E-state index contributed by atoms with van der Waals surface area (Å²) in [6.45, 7) is 6.59. The maximum absolute atomic E-state index is 12.3. The van der Waals surface area contributed by atoms with Crippen molar-refractivity contribution in [3.8, 4) is 0 Å². The van der Waals surface area contributed by atoms with E-state index >= 15 is 0 Å². The Morgan fingerprint density at radius 1 is 1.28 bits per heavy atom. The summed E-state index contributed by atoms with van der Waals surface area (Å²) < 4.78 is 6.04. The summed E-state index contributed by atoms with van der Waals surface area (Å²) in [5, 5.41) is 5.36. The largest absolute Gasteiger partial charge is 0.465 e. The number of hydrogen-bond donors (Lipinski definition) is 2. The van der Waals surface area contributed by atoms with Crippen molar-refractivity contribution in [2.24, 2.45) is 5.92 Å². The zero-order valence-electron chi connectivity index (χ0n) is 15.3. The lowest BCUT2D eigenvalue weighted by molar-refractivity contribution is -0.143. The minimum atomic E-state index is -0.493. The van der Waals surface area contributed by atoms with Gasteiger partial charge < -0.3 is 19.9 Å². The lowest BCUT2D eigenvalue weighted by atomic mass is 9.99. The SMILES string of the molecule is CCCC[C@@H](CC)CNC(=O)Nc1cccn(CC(=O)OCC)c1=O. The number of urea groups is 1. The molecule has 1 aromatic rings. The molecule has 0 aliphatic carbocycles. The zero-order valence-corrected chi connectivity index (χ0v) is 15.3. The number of carbonyl (C=O) groups excluding carboxylic acids is 2. The van der Waals surface area contributed by atoms with Crippen molar-refractivity contribution in [3.05, 3.63) is 28.7 Å². The number of esters is 1. The molecule has 7 heteroatoms. The number of aromatic nitrogens is 1. The van der Waals surface area contributed by atoms with E-state index in [0.717, 1.165) is 25.7 Å². The van der Waals surface area contributed by atoms with E-state index in [0.29, 0.717) is 12.5 Å². The summed E-state index contributed by atoms with van der Waals surface area (Å²) in [4.78, 5) is 35.8. The van der Waals surface area contributed by atoms with E-state index in [1.54, 1.807) is 13.0 Å². The Bertz CT molecular complexity index is 613. The summed E-state index contributed by atoms with van der Waals surface area (Å²) in [7, 11) is 0. The minimum absolute atomic E-state index is 0.130. The smallest absolute Gasteiger partial charge is 0.326 e. The van der Waals surface area contributed by atoms with Crippen LogP contribution in [0.4, 0.5) is 10.5 Å². The second kappa shape index (κ2) is 11.3. The fraction of sp³-hybridized carbons (Fsp3) is 0.611. The van der Waals surface area contributed by atoms with Gasteiger partial charge in [0, 0.05) is 12.7 Å². The summed E-state index contributed by atoms with van der Waals surface area (Å²) >= 11 is 0. The van der Waals surface area contributed by atoms with Crippen molar-refractivity contribution in [1.29, 1.82) is 0 Å².